The number of hydrogen-bond donors (Lipinski definition) is 14. The highest BCUT2D eigenvalue weighted by molar-refractivity contribution is 7.99. The molecule has 4 aliphatic heterocycles. The summed E-state index contributed by atoms with van der Waals surface area (Å²) in [5.41, 5.74) is 0. The average Bonchev–Trinajstić information content (AvgIpc) is 0.917. The average molecular weight is 1580 g/mol. The Kier molecular flexibility index (Phi) is 86.0. The summed E-state index contributed by atoms with van der Waals surface area (Å²) in [6, 6.07) is -6.42. The van der Waals surface area contributed by atoms with Crippen LogP contribution in [0.25, 0.3) is 0 Å². The molecule has 0 aliphatic carbocycles. The maximum Gasteiger partial charge on any atom is 0.327 e. The summed E-state index contributed by atoms with van der Waals surface area (Å²) in [6.45, 7) is 32.2. The molecular formula is C68H131N7O25S4. The maximum atomic E-state index is 11.9. The van der Waals surface area contributed by atoms with Crippen molar-refractivity contribution in [2.45, 2.75) is 203 Å². The van der Waals surface area contributed by atoms with Crippen LogP contribution in [0.5, 0.6) is 0 Å². The number of nitrogens with one attached hydrogen (secondary N) is 7. The van der Waals surface area contributed by atoms with Crippen LogP contribution in [0, 0.1) is 23.7 Å². The van der Waals surface area contributed by atoms with Crippen LogP contribution in [0.2, 0.25) is 0 Å². The van der Waals surface area contributed by atoms with Crippen molar-refractivity contribution in [3.05, 3.63) is 0 Å². The smallest absolute Gasteiger partial charge is 0.327 e. The molecule has 4 rings (SSSR count). The fraction of sp³-hybridized carbons (Fsp3) is 0.794. The van der Waals surface area contributed by atoms with Crippen molar-refractivity contribution < 1.29 is 122 Å². The minimum Gasteiger partial charge on any atom is -0.481 e. The molecule has 0 bridgehead atoms. The second-order valence-electron chi connectivity index (χ2n) is 21.6. The topological polar surface area (TPSA) is 502 Å². The molecule has 36 heteroatoms. The Bertz CT molecular complexity index is 2090. The highest BCUT2D eigenvalue weighted by Gasteiger charge is 2.31. The number of Topliss-reactive ketones (excluding diaryl/α,β-unsaturated/α-hetero) is 3. The van der Waals surface area contributed by atoms with Crippen molar-refractivity contribution in [3.63, 3.8) is 0 Å². The summed E-state index contributed by atoms with van der Waals surface area (Å²) in [7, 11) is 4.40. The SMILES string of the molecule is C1COC1.C1COC1.C1COC1.C1COC1.CC.CC.CC.CC.CCC(C)C(=O)N[C@H](CSC)C(=O)O.CN[C@@H](CC(=O)O)C(=O)CC(C)C(=O)N[C@H](CSC)C(=O)O.CN[C@H](CC(=O)O)C(=O)CC(C)C(=O)N[C@@H](CSC)C(=O)O.CN[C@H](CC(=O)O)C(=O)CC(C)C(=O)N[C@H](CSC)C(=O)O. The first kappa shape index (κ1) is 114. The second kappa shape index (κ2) is 78.4. The minimum atomic E-state index is -1.14. The third kappa shape index (κ3) is 66.9. The van der Waals surface area contributed by atoms with Crippen molar-refractivity contribution in [1.29, 1.82) is 0 Å². The van der Waals surface area contributed by atoms with Gasteiger partial charge in [0, 0.05) is 119 Å². The minimum absolute atomic E-state index is 0.126. The van der Waals surface area contributed by atoms with E-state index < -0.39 is 137 Å². The van der Waals surface area contributed by atoms with Crippen molar-refractivity contribution in [2.75, 3.05) is 122 Å². The highest BCUT2D eigenvalue weighted by atomic mass is 32.2. The second-order valence-corrected chi connectivity index (χ2v) is 25.3. The molecule has 0 saturated carbocycles. The Hall–Kier alpha value is -5.70. The van der Waals surface area contributed by atoms with Gasteiger partial charge in [-0.15, -0.1) is 0 Å². The summed E-state index contributed by atoms with van der Waals surface area (Å²) in [5.74, 6) is -12.0. The zero-order chi connectivity index (χ0) is 82.3. The zero-order valence-electron chi connectivity index (χ0n) is 65.2. The first-order chi connectivity index (χ1) is 49.2. The van der Waals surface area contributed by atoms with Gasteiger partial charge in [0.15, 0.2) is 17.3 Å². The van der Waals surface area contributed by atoms with E-state index in [1.54, 1.807) is 25.7 Å². The van der Waals surface area contributed by atoms with Crippen LogP contribution in [0.15, 0.2) is 0 Å². The van der Waals surface area contributed by atoms with E-state index in [0.717, 1.165) is 59.3 Å². The number of rotatable bonds is 39. The van der Waals surface area contributed by atoms with Crippen LogP contribution in [-0.4, -0.2) is 283 Å². The van der Waals surface area contributed by atoms with Crippen LogP contribution in [0.4, 0.5) is 0 Å². The lowest BCUT2D eigenvalue weighted by Gasteiger charge is -2.18. The van der Waals surface area contributed by atoms with Gasteiger partial charge in [-0.1, -0.05) is 90.0 Å². The molecule has 0 radical (unpaired) electrons. The van der Waals surface area contributed by atoms with Gasteiger partial charge < -0.3 is 91.9 Å². The lowest BCUT2D eigenvalue weighted by atomic mass is 9.97. The third-order valence-corrected chi connectivity index (χ3v) is 16.0. The van der Waals surface area contributed by atoms with Crippen LogP contribution in [-0.2, 0) is 86.1 Å². The van der Waals surface area contributed by atoms with Gasteiger partial charge in [0.2, 0.25) is 23.6 Å². The number of aliphatic carboxylic acids is 7. The number of hydrogen-bond acceptors (Lipinski definition) is 25. The van der Waals surface area contributed by atoms with E-state index in [-0.39, 0.29) is 67.6 Å². The summed E-state index contributed by atoms with van der Waals surface area (Å²) < 4.78 is 18.9. The fourth-order valence-electron chi connectivity index (χ4n) is 6.65. The zero-order valence-corrected chi connectivity index (χ0v) is 68.5. The van der Waals surface area contributed by atoms with Crippen molar-refractivity contribution in [2.24, 2.45) is 23.7 Å². The number of carboxylic acid groups (broad SMARTS) is 7. The molecule has 11 atom stereocenters. The molecule has 612 valence electrons. The number of carbonyl (C=O) groups is 14. The quantitative estimate of drug-likeness (QED) is 0.0365. The number of thioether (sulfide) groups is 4. The first-order valence-corrected chi connectivity index (χ1v) is 40.4. The molecule has 0 aromatic carbocycles. The number of carbonyl (C=O) groups excluding carboxylic acids is 7. The molecule has 104 heavy (non-hydrogen) atoms. The van der Waals surface area contributed by atoms with Gasteiger partial charge in [-0.05, 0) is 78.3 Å². The molecule has 14 N–H and O–H groups in total. The van der Waals surface area contributed by atoms with E-state index in [4.69, 9.17) is 54.7 Å². The molecule has 4 fully saturated rings. The normalized spacial score (nSPS) is 15.2. The van der Waals surface area contributed by atoms with Gasteiger partial charge in [0.05, 0.1) is 37.4 Å². The van der Waals surface area contributed by atoms with Gasteiger partial charge >= 0.3 is 41.8 Å². The Morgan fingerprint density at radius 1 is 0.308 bits per heavy atom. The molecular weight excluding hydrogens is 1440 g/mol. The predicted molar refractivity (Wildman–Crippen MR) is 410 cm³/mol. The summed E-state index contributed by atoms with van der Waals surface area (Å²) in [4.78, 5) is 159. The van der Waals surface area contributed by atoms with E-state index in [1.165, 1.54) is 115 Å². The Labute approximate surface area is 634 Å². The van der Waals surface area contributed by atoms with Crippen LogP contribution < -0.4 is 37.2 Å². The lowest BCUT2D eigenvalue weighted by molar-refractivity contribution is -0.142. The Morgan fingerprint density at radius 2 is 0.462 bits per heavy atom. The molecule has 32 nitrogen and oxygen atoms in total. The van der Waals surface area contributed by atoms with Gasteiger partial charge in [-0.2, -0.15) is 47.0 Å². The largest absolute Gasteiger partial charge is 0.481 e. The maximum absolute atomic E-state index is 11.9. The molecule has 4 heterocycles. The van der Waals surface area contributed by atoms with Crippen molar-refractivity contribution >= 4 is 130 Å². The number of likely N-dealkylation sites (N-methyl/N-ethyl adjacent to an activating group) is 3. The Balaban J connectivity index is -0.000000178. The van der Waals surface area contributed by atoms with Gasteiger partial charge in [-0.3, -0.25) is 47.9 Å². The molecule has 4 amide bonds. The van der Waals surface area contributed by atoms with E-state index in [0.29, 0.717) is 5.75 Å². The summed E-state index contributed by atoms with van der Waals surface area (Å²) in [6.07, 6.45) is 11.2. The molecule has 0 aromatic heterocycles. The number of carboxylic acids is 7. The number of ether oxygens (including phenoxy) is 4. The molecule has 0 aromatic rings. The third-order valence-electron chi connectivity index (χ3n) is 13.4. The standard InChI is InChI=1S/3C13H22N2O6S.C9H17NO3S.4C3H6O.4C2H6/c3*1-7(4-10(16)8(14-2)5-11(17)18)12(19)15-9(6-22-3)13(20)21;1-4-6(2)8(11)10-7(5-14-3)9(12)13;4*1-2-4-3-1;4*1-2/h3*7-9,14H,4-6H2,1-3H3,(H,15,19)(H,17,18)(H,20,21);6-7H,4-5H2,1-3H3,(H,10,11)(H,12,13);4*1-3H2;4*1-2H3/t2*7?,8-,9+;7?,8-,9-;6?,7-;;;;;;;;/m1011......../s1. The van der Waals surface area contributed by atoms with Crippen molar-refractivity contribution in [1.82, 2.24) is 37.2 Å². The van der Waals surface area contributed by atoms with Crippen LogP contribution in [0.1, 0.15) is 161 Å². The fourth-order valence-corrected chi connectivity index (χ4v) is 8.89. The highest BCUT2D eigenvalue weighted by Crippen LogP contribution is 2.13. The molecule has 4 aliphatic rings. The summed E-state index contributed by atoms with van der Waals surface area (Å²) in [5, 5.41) is 79.2. The van der Waals surface area contributed by atoms with E-state index in [2.05, 4.69) is 37.2 Å². The van der Waals surface area contributed by atoms with Crippen LogP contribution >= 0.6 is 47.0 Å². The number of ketones is 3. The molecule has 4 unspecified atom stereocenters. The molecule has 4 saturated heterocycles. The van der Waals surface area contributed by atoms with Crippen molar-refractivity contribution in [3.8, 4) is 0 Å². The monoisotopic (exact) mass is 1570 g/mol. The van der Waals surface area contributed by atoms with Gasteiger partial charge in [0.1, 0.15) is 24.2 Å². The summed E-state index contributed by atoms with van der Waals surface area (Å²) >= 11 is 5.25. The first-order valence-electron chi connectivity index (χ1n) is 34.8. The van der Waals surface area contributed by atoms with E-state index in [1.807, 2.05) is 68.6 Å². The Morgan fingerprint density at radius 3 is 0.567 bits per heavy atom. The predicted octanol–water partition coefficient (Wildman–Crippen LogP) is 5.43. The molecule has 0 spiro atoms. The van der Waals surface area contributed by atoms with Crippen LogP contribution in [0.3, 0.4) is 0 Å². The van der Waals surface area contributed by atoms with E-state index in [9.17, 15) is 67.1 Å². The number of amides is 4. The van der Waals surface area contributed by atoms with Gasteiger partial charge in [0.25, 0.3) is 0 Å². The van der Waals surface area contributed by atoms with E-state index >= 15 is 0 Å². The van der Waals surface area contributed by atoms with Gasteiger partial charge in [-0.25, -0.2) is 19.2 Å². The lowest BCUT2D eigenvalue weighted by Crippen LogP contribution is -2.46.